The van der Waals surface area contributed by atoms with Crippen molar-refractivity contribution in [2.75, 3.05) is 19.9 Å². The lowest BCUT2D eigenvalue weighted by Gasteiger charge is -2.20. The first-order chi connectivity index (χ1) is 18.1. The molecule has 37 heavy (non-hydrogen) atoms. The monoisotopic (exact) mass is 535 g/mol. The van der Waals surface area contributed by atoms with Crippen LogP contribution in [-0.4, -0.2) is 46.7 Å². The van der Waals surface area contributed by atoms with Crippen LogP contribution >= 0.6 is 24.0 Å². The van der Waals surface area contributed by atoms with Crippen molar-refractivity contribution in [3.63, 3.8) is 0 Å². The number of amides is 1. The lowest BCUT2D eigenvalue weighted by molar-refractivity contribution is -0.135. The molecule has 1 atom stereocenters. The number of nitrogens with zero attached hydrogens (tertiary/aromatic N) is 1. The molecule has 9 heteroatoms. The van der Waals surface area contributed by atoms with Crippen LogP contribution in [0.3, 0.4) is 0 Å². The first kappa shape index (κ1) is 26.4. The van der Waals surface area contributed by atoms with Crippen LogP contribution < -0.4 is 9.47 Å². The maximum absolute atomic E-state index is 12.7. The number of aliphatic hydroxyl groups excluding tert-OH is 1. The fourth-order valence-electron chi connectivity index (χ4n) is 3.65. The lowest BCUT2D eigenvalue weighted by Crippen LogP contribution is -2.30. The van der Waals surface area contributed by atoms with Crippen LogP contribution in [0.5, 0.6) is 11.5 Å². The Morgan fingerprint density at radius 3 is 2.43 bits per heavy atom. The molecule has 1 aliphatic heterocycles. The number of ether oxygens (including phenoxy) is 3. The lowest BCUT2D eigenvalue weighted by atomic mass is 10.1. The summed E-state index contributed by atoms with van der Waals surface area (Å²) in [6, 6.07) is 24.8. The highest BCUT2D eigenvalue weighted by Gasteiger charge is 2.32. The molecule has 1 aliphatic rings. The molecule has 4 rings (SSSR count). The van der Waals surface area contributed by atoms with E-state index in [9.17, 15) is 14.7 Å². The van der Waals surface area contributed by atoms with Gasteiger partial charge < -0.3 is 19.3 Å². The summed E-state index contributed by atoms with van der Waals surface area (Å²) in [4.78, 5) is 24.9. The second-order valence-electron chi connectivity index (χ2n) is 7.99. The molecule has 3 aromatic carbocycles. The molecule has 1 heterocycles. The molecule has 1 unspecified atom stereocenters. The van der Waals surface area contributed by atoms with Gasteiger partial charge >= 0.3 is 0 Å². The number of hydrogen-bond donors (Lipinski definition) is 1. The minimum atomic E-state index is -0.605. The Morgan fingerprint density at radius 2 is 1.73 bits per heavy atom. The second kappa shape index (κ2) is 13.0. The molecular weight excluding hydrogens is 510 g/mol. The van der Waals surface area contributed by atoms with Gasteiger partial charge in [-0.3, -0.25) is 14.5 Å². The number of carbonyl (C=O) groups excluding carboxylic acids is 2. The van der Waals surface area contributed by atoms with Crippen LogP contribution in [0, 0.1) is 0 Å². The number of benzene rings is 3. The smallest absolute Gasteiger partial charge is 0.294 e. The zero-order valence-corrected chi connectivity index (χ0v) is 21.5. The Morgan fingerprint density at radius 1 is 1.00 bits per heavy atom. The van der Waals surface area contributed by atoms with Crippen molar-refractivity contribution in [3.8, 4) is 11.5 Å². The Bertz CT molecular complexity index is 1270. The third-order valence-electron chi connectivity index (χ3n) is 5.51. The normalized spacial score (nSPS) is 15.1. The first-order valence-corrected chi connectivity index (χ1v) is 12.8. The summed E-state index contributed by atoms with van der Waals surface area (Å²) in [5.41, 5.74) is 2.66. The van der Waals surface area contributed by atoms with E-state index in [4.69, 9.17) is 26.4 Å². The molecule has 1 fully saturated rings. The van der Waals surface area contributed by atoms with Crippen LogP contribution in [0.4, 0.5) is 0 Å². The molecule has 0 saturated carbocycles. The van der Waals surface area contributed by atoms with Gasteiger partial charge in [0.2, 0.25) is 0 Å². The first-order valence-electron chi connectivity index (χ1n) is 11.5. The van der Waals surface area contributed by atoms with Gasteiger partial charge in [0.05, 0.1) is 18.1 Å². The number of aliphatic hydroxyl groups is 1. The van der Waals surface area contributed by atoms with Crippen molar-refractivity contribution in [2.45, 2.75) is 12.5 Å². The molecule has 0 aliphatic carbocycles. The average molecular weight is 536 g/mol. The Hall–Kier alpha value is -3.66. The number of carbonyl (C=O) groups is 2. The van der Waals surface area contributed by atoms with Gasteiger partial charge in [0, 0.05) is 6.42 Å². The molecule has 3 aromatic rings. The largest absolute Gasteiger partial charge is 0.489 e. The van der Waals surface area contributed by atoms with Gasteiger partial charge in [-0.2, -0.15) is 0 Å². The summed E-state index contributed by atoms with van der Waals surface area (Å²) in [5.74, 6) is 0.610. The molecule has 1 N–H and O–H groups in total. The van der Waals surface area contributed by atoms with E-state index in [1.807, 2.05) is 66.7 Å². The van der Waals surface area contributed by atoms with Gasteiger partial charge in [0.25, 0.3) is 12.4 Å². The maximum Gasteiger partial charge on any atom is 0.294 e. The van der Waals surface area contributed by atoms with Crippen LogP contribution in [0.2, 0.25) is 0 Å². The van der Waals surface area contributed by atoms with E-state index in [2.05, 4.69) is 0 Å². The third kappa shape index (κ3) is 6.97. The molecular formula is C28H25NO6S2. The number of thioether (sulfide) groups is 1. The van der Waals surface area contributed by atoms with E-state index in [-0.39, 0.29) is 25.7 Å². The van der Waals surface area contributed by atoms with Crippen molar-refractivity contribution in [3.05, 3.63) is 100 Å². The number of thiocarbonyl (C=S) groups is 1. The Balaban J connectivity index is 1.58. The summed E-state index contributed by atoms with van der Waals surface area (Å²) in [5, 5.41) is 10.0. The topological polar surface area (TPSA) is 85.3 Å². The molecule has 190 valence electrons. The van der Waals surface area contributed by atoms with E-state index < -0.39 is 6.10 Å². The van der Waals surface area contributed by atoms with Crippen LogP contribution in [0.1, 0.15) is 22.8 Å². The minimum Gasteiger partial charge on any atom is -0.489 e. The zero-order valence-electron chi connectivity index (χ0n) is 19.8. The summed E-state index contributed by atoms with van der Waals surface area (Å²) in [6.07, 6.45) is 1.80. The SMILES string of the molecule is O=COCN1C(=O)/C(=C/c2ccc(OCCc3ccccc3)c(OC(CO)c3ccccc3)c2)SC1=S. The van der Waals surface area contributed by atoms with Gasteiger partial charge in [-0.05, 0) is 34.9 Å². The average Bonchev–Trinajstić information content (AvgIpc) is 3.19. The summed E-state index contributed by atoms with van der Waals surface area (Å²) < 4.78 is 17.3. The van der Waals surface area contributed by atoms with E-state index in [0.717, 1.165) is 29.3 Å². The molecule has 0 aromatic heterocycles. The van der Waals surface area contributed by atoms with Gasteiger partial charge in [-0.25, -0.2) is 0 Å². The predicted molar refractivity (Wildman–Crippen MR) is 146 cm³/mol. The zero-order chi connectivity index (χ0) is 26.0. The fourth-order valence-corrected chi connectivity index (χ4v) is 4.88. The molecule has 0 bridgehead atoms. The Labute approximate surface area is 224 Å². The molecule has 0 radical (unpaired) electrons. The summed E-state index contributed by atoms with van der Waals surface area (Å²) in [6.45, 7) is 0.243. The van der Waals surface area contributed by atoms with Crippen molar-refractivity contribution in [1.29, 1.82) is 0 Å². The maximum atomic E-state index is 12.7. The standard InChI is InChI=1S/C28H25NO6S2/c30-17-25(22-9-5-2-6-10-22)35-24-15-21(16-26-27(32)29(18-33-19-31)28(36)37-26)11-12-23(24)34-14-13-20-7-3-1-4-8-20/h1-12,15-16,19,25,30H,13-14,17-18H2/b26-16-. The summed E-state index contributed by atoms with van der Waals surface area (Å²) in [7, 11) is 0. The van der Waals surface area contributed by atoms with Crippen LogP contribution in [0.25, 0.3) is 6.08 Å². The van der Waals surface area contributed by atoms with Gasteiger partial charge in [-0.15, -0.1) is 0 Å². The van der Waals surface area contributed by atoms with Crippen LogP contribution in [0.15, 0.2) is 83.8 Å². The highest BCUT2D eigenvalue weighted by Crippen LogP contribution is 2.36. The molecule has 0 spiro atoms. The van der Waals surface area contributed by atoms with Crippen molar-refractivity contribution >= 4 is 46.8 Å². The second-order valence-corrected chi connectivity index (χ2v) is 9.67. The van der Waals surface area contributed by atoms with E-state index in [1.165, 1.54) is 4.90 Å². The van der Waals surface area contributed by atoms with E-state index >= 15 is 0 Å². The van der Waals surface area contributed by atoms with E-state index in [0.29, 0.717) is 32.9 Å². The Kier molecular flexibility index (Phi) is 9.31. The van der Waals surface area contributed by atoms with Crippen molar-refractivity contribution in [1.82, 2.24) is 4.90 Å². The molecule has 1 saturated heterocycles. The van der Waals surface area contributed by atoms with Crippen LogP contribution in [-0.2, 0) is 20.7 Å². The van der Waals surface area contributed by atoms with Gasteiger partial charge in [0.15, 0.2) is 22.6 Å². The fraction of sp³-hybridized carbons (Fsp3) is 0.179. The van der Waals surface area contributed by atoms with Crippen molar-refractivity contribution < 1.29 is 28.9 Å². The highest BCUT2D eigenvalue weighted by molar-refractivity contribution is 8.26. The van der Waals surface area contributed by atoms with Crippen molar-refractivity contribution in [2.24, 2.45) is 0 Å². The minimum absolute atomic E-state index is 0.229. The van der Waals surface area contributed by atoms with Gasteiger partial charge in [0.1, 0.15) is 6.10 Å². The highest BCUT2D eigenvalue weighted by atomic mass is 32.2. The quantitative estimate of drug-likeness (QED) is 0.202. The number of rotatable bonds is 12. The molecule has 1 amide bonds. The summed E-state index contributed by atoms with van der Waals surface area (Å²) >= 11 is 6.37. The van der Waals surface area contributed by atoms with E-state index in [1.54, 1.807) is 18.2 Å². The predicted octanol–water partition coefficient (Wildman–Crippen LogP) is 4.75. The molecule has 7 nitrogen and oxygen atoms in total. The third-order valence-corrected chi connectivity index (χ3v) is 6.89. The van der Waals surface area contributed by atoms with Gasteiger partial charge in [-0.1, -0.05) is 90.7 Å². The number of hydrogen-bond acceptors (Lipinski definition) is 8.